The highest BCUT2D eigenvalue weighted by atomic mass is 16.5. The molecule has 0 aliphatic rings. The Hall–Kier alpha value is -1.02. The highest BCUT2D eigenvalue weighted by Crippen LogP contribution is 2.21. The first-order chi connectivity index (χ1) is 6.75. The third kappa shape index (κ3) is 3.04. The van der Waals surface area contributed by atoms with Gasteiger partial charge in [-0.15, -0.1) is 0 Å². The molecule has 0 amide bonds. The van der Waals surface area contributed by atoms with Crippen LogP contribution in [0.3, 0.4) is 0 Å². The van der Waals surface area contributed by atoms with Crippen molar-refractivity contribution in [2.75, 3.05) is 19.8 Å². The van der Waals surface area contributed by atoms with Gasteiger partial charge in [0.2, 0.25) is 0 Å². The van der Waals surface area contributed by atoms with Crippen molar-refractivity contribution in [3.63, 3.8) is 0 Å². The molecular weight excluding hydrogens is 176 g/mol. The van der Waals surface area contributed by atoms with Gasteiger partial charge < -0.3 is 9.47 Å². The molecule has 0 radical (unpaired) electrons. The van der Waals surface area contributed by atoms with Gasteiger partial charge in [-0.25, -0.2) is 0 Å². The molecule has 0 heterocycles. The summed E-state index contributed by atoms with van der Waals surface area (Å²) in [5.74, 6) is 0.993. The summed E-state index contributed by atoms with van der Waals surface area (Å²) >= 11 is 0. The maximum Gasteiger partial charge on any atom is 0.125 e. The average molecular weight is 194 g/mol. The van der Waals surface area contributed by atoms with Crippen LogP contribution in [0.25, 0.3) is 0 Å². The number of ether oxygens (including phenoxy) is 2. The van der Waals surface area contributed by atoms with Gasteiger partial charge in [0, 0.05) is 6.61 Å². The van der Waals surface area contributed by atoms with E-state index in [0.717, 1.165) is 12.4 Å². The van der Waals surface area contributed by atoms with Gasteiger partial charge in [0.25, 0.3) is 0 Å². The highest BCUT2D eigenvalue weighted by Gasteiger charge is 2.01. The summed E-state index contributed by atoms with van der Waals surface area (Å²) in [6.45, 7) is 8.13. The topological polar surface area (TPSA) is 18.5 Å². The lowest BCUT2D eigenvalue weighted by Gasteiger charge is -2.11. The van der Waals surface area contributed by atoms with Crippen molar-refractivity contribution < 1.29 is 9.47 Å². The summed E-state index contributed by atoms with van der Waals surface area (Å²) in [4.78, 5) is 0. The minimum atomic E-state index is 0.625. The summed E-state index contributed by atoms with van der Waals surface area (Å²) in [5, 5.41) is 0. The lowest BCUT2D eigenvalue weighted by molar-refractivity contribution is 0.109. The summed E-state index contributed by atoms with van der Waals surface area (Å²) in [5.41, 5.74) is 2.36. The Morgan fingerprint density at radius 3 is 2.29 bits per heavy atom. The van der Waals surface area contributed by atoms with E-state index in [1.807, 2.05) is 13.0 Å². The number of hydrogen-bond donors (Lipinski definition) is 0. The van der Waals surface area contributed by atoms with Crippen molar-refractivity contribution >= 4 is 0 Å². The van der Waals surface area contributed by atoms with Gasteiger partial charge >= 0.3 is 0 Å². The van der Waals surface area contributed by atoms with Gasteiger partial charge in [-0.2, -0.15) is 0 Å². The van der Waals surface area contributed by atoms with E-state index < -0.39 is 0 Å². The Labute approximate surface area is 85.8 Å². The summed E-state index contributed by atoms with van der Waals surface area (Å²) in [7, 11) is 0. The summed E-state index contributed by atoms with van der Waals surface area (Å²) < 4.78 is 10.9. The number of rotatable bonds is 5. The first-order valence-electron chi connectivity index (χ1n) is 5.02. The molecule has 0 saturated heterocycles. The van der Waals surface area contributed by atoms with Crippen LogP contribution in [0, 0.1) is 13.8 Å². The van der Waals surface area contributed by atoms with Crippen molar-refractivity contribution in [1.29, 1.82) is 0 Å². The lowest BCUT2D eigenvalue weighted by Crippen LogP contribution is -2.07. The second-order valence-electron chi connectivity index (χ2n) is 3.27. The van der Waals surface area contributed by atoms with E-state index in [1.165, 1.54) is 11.1 Å². The zero-order chi connectivity index (χ0) is 10.4. The van der Waals surface area contributed by atoms with Gasteiger partial charge in [-0.1, -0.05) is 18.2 Å². The van der Waals surface area contributed by atoms with Crippen LogP contribution in [0.1, 0.15) is 18.1 Å². The maximum atomic E-state index is 5.64. The molecule has 0 fully saturated rings. The van der Waals surface area contributed by atoms with Crippen LogP contribution >= 0.6 is 0 Å². The molecule has 14 heavy (non-hydrogen) atoms. The zero-order valence-electron chi connectivity index (χ0n) is 9.17. The quantitative estimate of drug-likeness (QED) is 0.671. The molecule has 0 aliphatic heterocycles. The molecule has 0 unspecified atom stereocenters. The van der Waals surface area contributed by atoms with Crippen LogP contribution in [-0.2, 0) is 4.74 Å². The lowest BCUT2D eigenvalue weighted by atomic mass is 10.1. The van der Waals surface area contributed by atoms with Crippen LogP contribution in [0.4, 0.5) is 0 Å². The first kappa shape index (κ1) is 11.1. The van der Waals surface area contributed by atoms with Crippen molar-refractivity contribution in [2.24, 2.45) is 0 Å². The molecule has 0 bridgehead atoms. The molecule has 2 heteroatoms. The molecule has 1 aromatic carbocycles. The van der Waals surface area contributed by atoms with E-state index >= 15 is 0 Å². The molecule has 0 aliphatic carbocycles. The Bertz CT molecular complexity index is 261. The molecule has 0 aromatic heterocycles. The molecule has 2 nitrogen and oxygen atoms in total. The van der Waals surface area contributed by atoms with Crippen LogP contribution in [0.5, 0.6) is 5.75 Å². The van der Waals surface area contributed by atoms with E-state index in [1.54, 1.807) is 0 Å². The van der Waals surface area contributed by atoms with E-state index in [9.17, 15) is 0 Å². The predicted molar refractivity (Wildman–Crippen MR) is 57.9 cm³/mol. The highest BCUT2D eigenvalue weighted by molar-refractivity contribution is 5.39. The first-order valence-corrected chi connectivity index (χ1v) is 5.02. The standard InChI is InChI=1S/C12H18O2/c1-4-13-8-9-14-12-10(2)6-5-7-11(12)3/h5-7H,4,8-9H2,1-3H3. The van der Waals surface area contributed by atoms with Gasteiger partial charge in [-0.3, -0.25) is 0 Å². The number of aryl methyl sites for hydroxylation is 2. The van der Waals surface area contributed by atoms with E-state index in [-0.39, 0.29) is 0 Å². The molecular formula is C12H18O2. The summed E-state index contributed by atoms with van der Waals surface area (Å²) in [6.07, 6.45) is 0. The zero-order valence-corrected chi connectivity index (χ0v) is 9.17. The molecule has 0 atom stereocenters. The minimum Gasteiger partial charge on any atom is -0.491 e. The predicted octanol–water partition coefficient (Wildman–Crippen LogP) is 2.72. The molecule has 78 valence electrons. The minimum absolute atomic E-state index is 0.625. The fraction of sp³-hybridized carbons (Fsp3) is 0.500. The Morgan fingerprint density at radius 1 is 1.07 bits per heavy atom. The molecule has 1 rings (SSSR count). The van der Waals surface area contributed by atoms with Crippen LogP contribution in [0.2, 0.25) is 0 Å². The molecule has 0 spiro atoms. The average Bonchev–Trinajstić information content (AvgIpc) is 2.16. The van der Waals surface area contributed by atoms with Gasteiger partial charge in [0.15, 0.2) is 0 Å². The fourth-order valence-corrected chi connectivity index (χ4v) is 1.37. The number of hydrogen-bond acceptors (Lipinski definition) is 2. The Morgan fingerprint density at radius 2 is 1.71 bits per heavy atom. The second kappa shape index (κ2) is 5.66. The molecule has 0 N–H and O–H groups in total. The molecule has 1 aromatic rings. The van der Waals surface area contributed by atoms with E-state index in [4.69, 9.17) is 9.47 Å². The molecule has 0 saturated carbocycles. The Kier molecular flexibility index (Phi) is 4.47. The van der Waals surface area contributed by atoms with Crippen molar-refractivity contribution in [1.82, 2.24) is 0 Å². The third-order valence-corrected chi connectivity index (χ3v) is 2.09. The largest absolute Gasteiger partial charge is 0.491 e. The second-order valence-corrected chi connectivity index (χ2v) is 3.27. The van der Waals surface area contributed by atoms with Crippen molar-refractivity contribution in [3.05, 3.63) is 29.3 Å². The normalized spacial score (nSPS) is 10.2. The van der Waals surface area contributed by atoms with Crippen LogP contribution in [-0.4, -0.2) is 19.8 Å². The van der Waals surface area contributed by atoms with Gasteiger partial charge in [-0.05, 0) is 31.9 Å². The van der Waals surface area contributed by atoms with Crippen molar-refractivity contribution in [3.8, 4) is 5.75 Å². The Balaban J connectivity index is 2.49. The van der Waals surface area contributed by atoms with E-state index in [0.29, 0.717) is 13.2 Å². The number of benzene rings is 1. The SMILES string of the molecule is CCOCCOc1c(C)cccc1C. The van der Waals surface area contributed by atoms with E-state index in [2.05, 4.69) is 26.0 Å². The van der Waals surface area contributed by atoms with Crippen LogP contribution < -0.4 is 4.74 Å². The van der Waals surface area contributed by atoms with Crippen molar-refractivity contribution in [2.45, 2.75) is 20.8 Å². The smallest absolute Gasteiger partial charge is 0.125 e. The number of para-hydroxylation sites is 1. The monoisotopic (exact) mass is 194 g/mol. The maximum absolute atomic E-state index is 5.64. The fourth-order valence-electron chi connectivity index (χ4n) is 1.37. The van der Waals surface area contributed by atoms with Crippen LogP contribution in [0.15, 0.2) is 18.2 Å². The summed E-state index contributed by atoms with van der Waals surface area (Å²) in [6, 6.07) is 6.16. The van der Waals surface area contributed by atoms with Gasteiger partial charge in [0.1, 0.15) is 12.4 Å². The third-order valence-electron chi connectivity index (χ3n) is 2.09. The van der Waals surface area contributed by atoms with Gasteiger partial charge in [0.05, 0.1) is 6.61 Å².